The van der Waals surface area contributed by atoms with E-state index in [-0.39, 0.29) is 11.9 Å². The standard InChI is InChI=1S/C12H14Br2N2O/c1-7(12(17)16-9-3-4-9)15-11-5-2-8(13)6-10(11)14/h2,5-7,9,15H,3-4H2,1H3,(H,16,17). The van der Waals surface area contributed by atoms with E-state index in [9.17, 15) is 4.79 Å². The molecule has 1 aliphatic carbocycles. The van der Waals surface area contributed by atoms with Crippen LogP contribution in [0.4, 0.5) is 5.69 Å². The average Bonchev–Trinajstić information content (AvgIpc) is 3.06. The van der Waals surface area contributed by atoms with Crippen molar-refractivity contribution in [1.29, 1.82) is 0 Å². The molecule has 5 heteroatoms. The Labute approximate surface area is 118 Å². The van der Waals surface area contributed by atoms with Crippen molar-refractivity contribution in [2.45, 2.75) is 31.8 Å². The molecule has 0 spiro atoms. The predicted octanol–water partition coefficient (Wildman–Crippen LogP) is 3.29. The molecule has 2 N–H and O–H groups in total. The highest BCUT2D eigenvalue weighted by atomic mass is 79.9. The molecule has 2 rings (SSSR count). The molecular formula is C12H14Br2N2O. The predicted molar refractivity (Wildman–Crippen MR) is 76.1 cm³/mol. The number of hydrogen-bond donors (Lipinski definition) is 2. The third-order valence-electron chi connectivity index (χ3n) is 2.62. The van der Waals surface area contributed by atoms with Crippen LogP contribution in [-0.2, 0) is 4.79 Å². The number of anilines is 1. The Bertz CT molecular complexity index is 433. The molecule has 92 valence electrons. The van der Waals surface area contributed by atoms with Crippen LogP contribution in [0.15, 0.2) is 27.1 Å². The zero-order chi connectivity index (χ0) is 12.4. The van der Waals surface area contributed by atoms with Gasteiger partial charge in [0.15, 0.2) is 0 Å². The summed E-state index contributed by atoms with van der Waals surface area (Å²) in [6.45, 7) is 1.87. The van der Waals surface area contributed by atoms with Crippen molar-refractivity contribution in [1.82, 2.24) is 5.32 Å². The number of carbonyl (C=O) groups excluding carboxylic acids is 1. The Morgan fingerprint density at radius 1 is 1.41 bits per heavy atom. The summed E-state index contributed by atoms with van der Waals surface area (Å²) in [6.07, 6.45) is 2.22. The molecule has 1 unspecified atom stereocenters. The molecule has 0 saturated heterocycles. The largest absolute Gasteiger partial charge is 0.373 e. The molecule has 0 bridgehead atoms. The molecule has 1 fully saturated rings. The Hall–Kier alpha value is -0.550. The molecule has 0 aliphatic heterocycles. The van der Waals surface area contributed by atoms with Crippen molar-refractivity contribution < 1.29 is 4.79 Å². The van der Waals surface area contributed by atoms with Crippen LogP contribution in [-0.4, -0.2) is 18.0 Å². The maximum atomic E-state index is 11.8. The van der Waals surface area contributed by atoms with Crippen LogP contribution >= 0.6 is 31.9 Å². The summed E-state index contributed by atoms with van der Waals surface area (Å²) >= 11 is 6.86. The molecular weight excluding hydrogens is 348 g/mol. The first-order valence-corrected chi connectivity index (χ1v) is 7.17. The molecule has 3 nitrogen and oxygen atoms in total. The topological polar surface area (TPSA) is 41.1 Å². The number of carbonyl (C=O) groups is 1. The van der Waals surface area contributed by atoms with E-state index in [2.05, 4.69) is 42.5 Å². The van der Waals surface area contributed by atoms with Gasteiger partial charge in [0.1, 0.15) is 6.04 Å². The monoisotopic (exact) mass is 360 g/mol. The summed E-state index contributed by atoms with van der Waals surface area (Å²) in [5.41, 5.74) is 0.923. The van der Waals surface area contributed by atoms with Gasteiger partial charge in [-0.1, -0.05) is 15.9 Å². The zero-order valence-electron chi connectivity index (χ0n) is 9.47. The molecule has 0 heterocycles. The van der Waals surface area contributed by atoms with Crippen LogP contribution < -0.4 is 10.6 Å². The Morgan fingerprint density at radius 3 is 2.71 bits per heavy atom. The lowest BCUT2D eigenvalue weighted by Gasteiger charge is -2.16. The normalized spacial score (nSPS) is 16.4. The summed E-state index contributed by atoms with van der Waals surface area (Å²) in [7, 11) is 0. The van der Waals surface area contributed by atoms with E-state index in [1.165, 1.54) is 0 Å². The highest BCUT2D eigenvalue weighted by Gasteiger charge is 2.25. The number of rotatable bonds is 4. The zero-order valence-corrected chi connectivity index (χ0v) is 12.6. The third-order valence-corrected chi connectivity index (χ3v) is 3.77. The van der Waals surface area contributed by atoms with Gasteiger partial charge < -0.3 is 10.6 Å². The van der Waals surface area contributed by atoms with Gasteiger partial charge in [-0.15, -0.1) is 0 Å². The summed E-state index contributed by atoms with van der Waals surface area (Å²) in [6, 6.07) is 6.01. The molecule has 1 aromatic carbocycles. The quantitative estimate of drug-likeness (QED) is 0.863. The molecule has 0 radical (unpaired) electrons. The SMILES string of the molecule is CC(Nc1ccc(Br)cc1Br)C(=O)NC1CC1. The van der Waals surface area contributed by atoms with Crippen molar-refractivity contribution in [3.05, 3.63) is 27.1 Å². The minimum Gasteiger partial charge on any atom is -0.373 e. The molecule has 1 amide bonds. The van der Waals surface area contributed by atoms with Gasteiger partial charge in [0, 0.05) is 20.7 Å². The molecule has 1 aromatic rings. The maximum absolute atomic E-state index is 11.8. The van der Waals surface area contributed by atoms with Crippen LogP contribution in [0.1, 0.15) is 19.8 Å². The molecule has 1 aliphatic rings. The number of benzene rings is 1. The van der Waals surface area contributed by atoms with E-state index in [1.807, 2.05) is 25.1 Å². The Morgan fingerprint density at radius 2 is 2.12 bits per heavy atom. The molecule has 17 heavy (non-hydrogen) atoms. The van der Waals surface area contributed by atoms with Crippen LogP contribution in [0.5, 0.6) is 0 Å². The molecule has 1 saturated carbocycles. The van der Waals surface area contributed by atoms with Crippen molar-refractivity contribution in [2.24, 2.45) is 0 Å². The Kier molecular flexibility index (Phi) is 4.09. The van der Waals surface area contributed by atoms with Gasteiger partial charge >= 0.3 is 0 Å². The first-order chi connectivity index (χ1) is 8.06. The summed E-state index contributed by atoms with van der Waals surface area (Å²) < 4.78 is 1.95. The first kappa shape index (κ1) is 12.9. The van der Waals surface area contributed by atoms with Crippen molar-refractivity contribution >= 4 is 43.5 Å². The second kappa shape index (κ2) is 5.40. The Balaban J connectivity index is 1.96. The molecule has 0 aromatic heterocycles. The van der Waals surface area contributed by atoms with Crippen LogP contribution in [0.2, 0.25) is 0 Å². The van der Waals surface area contributed by atoms with Gasteiger partial charge in [0.05, 0.1) is 0 Å². The van der Waals surface area contributed by atoms with E-state index < -0.39 is 0 Å². The van der Waals surface area contributed by atoms with Gasteiger partial charge in [0.25, 0.3) is 0 Å². The first-order valence-electron chi connectivity index (χ1n) is 5.58. The van der Waals surface area contributed by atoms with Crippen molar-refractivity contribution in [3.8, 4) is 0 Å². The molecule has 1 atom stereocenters. The fourth-order valence-electron chi connectivity index (χ4n) is 1.46. The number of amides is 1. The lowest BCUT2D eigenvalue weighted by Crippen LogP contribution is -2.38. The van der Waals surface area contributed by atoms with Gasteiger partial charge in [-0.25, -0.2) is 0 Å². The number of nitrogens with one attached hydrogen (secondary N) is 2. The minimum atomic E-state index is -0.229. The fraction of sp³-hybridized carbons (Fsp3) is 0.417. The van der Waals surface area contributed by atoms with Gasteiger partial charge in [-0.05, 0) is 53.9 Å². The lowest BCUT2D eigenvalue weighted by molar-refractivity contribution is -0.121. The highest BCUT2D eigenvalue weighted by molar-refractivity contribution is 9.11. The van der Waals surface area contributed by atoms with E-state index >= 15 is 0 Å². The smallest absolute Gasteiger partial charge is 0.242 e. The number of hydrogen-bond acceptors (Lipinski definition) is 2. The van der Waals surface area contributed by atoms with Gasteiger partial charge in [0.2, 0.25) is 5.91 Å². The van der Waals surface area contributed by atoms with E-state index in [4.69, 9.17) is 0 Å². The van der Waals surface area contributed by atoms with E-state index in [1.54, 1.807) is 0 Å². The van der Waals surface area contributed by atoms with Gasteiger partial charge in [-0.3, -0.25) is 4.79 Å². The third kappa shape index (κ3) is 3.71. The maximum Gasteiger partial charge on any atom is 0.242 e. The lowest BCUT2D eigenvalue weighted by atomic mass is 10.2. The minimum absolute atomic E-state index is 0.0577. The second-order valence-electron chi connectivity index (χ2n) is 4.27. The average molecular weight is 362 g/mol. The second-order valence-corrected chi connectivity index (χ2v) is 6.04. The summed E-state index contributed by atoms with van der Waals surface area (Å²) in [4.78, 5) is 11.8. The highest BCUT2D eigenvalue weighted by Crippen LogP contribution is 2.26. The number of halogens is 2. The summed E-state index contributed by atoms with van der Waals surface area (Å²) in [5, 5.41) is 6.17. The van der Waals surface area contributed by atoms with Gasteiger partial charge in [-0.2, -0.15) is 0 Å². The van der Waals surface area contributed by atoms with Crippen LogP contribution in [0.25, 0.3) is 0 Å². The van der Waals surface area contributed by atoms with Crippen LogP contribution in [0.3, 0.4) is 0 Å². The summed E-state index contributed by atoms with van der Waals surface area (Å²) in [5.74, 6) is 0.0577. The fourth-order valence-corrected chi connectivity index (χ4v) is 2.62. The van der Waals surface area contributed by atoms with E-state index in [0.717, 1.165) is 27.5 Å². The van der Waals surface area contributed by atoms with Crippen LogP contribution in [0, 0.1) is 0 Å². The van der Waals surface area contributed by atoms with Crippen molar-refractivity contribution in [3.63, 3.8) is 0 Å². The van der Waals surface area contributed by atoms with Crippen molar-refractivity contribution in [2.75, 3.05) is 5.32 Å². The van der Waals surface area contributed by atoms with E-state index in [0.29, 0.717) is 6.04 Å².